The number of rotatable bonds is 3. The maximum absolute atomic E-state index is 6.33. The molecule has 2 N–H and O–H groups in total. The average molecular weight is 298 g/mol. The number of aromatic nitrogens is 2. The van der Waals surface area contributed by atoms with Crippen LogP contribution in [0.1, 0.15) is 18.5 Å². The molecule has 106 valence electrons. The van der Waals surface area contributed by atoms with Crippen molar-refractivity contribution in [3.8, 4) is 16.9 Å². The number of halogens is 1. The van der Waals surface area contributed by atoms with Crippen molar-refractivity contribution < 1.29 is 0 Å². The van der Waals surface area contributed by atoms with Gasteiger partial charge in [-0.3, -0.25) is 0 Å². The molecule has 0 bridgehead atoms. The topological polar surface area (TPSA) is 43.8 Å². The molecule has 0 aliphatic carbocycles. The Morgan fingerprint density at radius 3 is 2.52 bits per heavy atom. The third-order valence-corrected chi connectivity index (χ3v) is 3.76. The summed E-state index contributed by atoms with van der Waals surface area (Å²) in [6.07, 6.45) is 1.79. The molecule has 3 nitrogen and oxygen atoms in total. The minimum absolute atomic E-state index is 0.0782. The van der Waals surface area contributed by atoms with Crippen molar-refractivity contribution in [2.45, 2.75) is 13.0 Å². The Kier molecular flexibility index (Phi) is 3.78. The molecule has 0 saturated heterocycles. The van der Waals surface area contributed by atoms with E-state index >= 15 is 0 Å². The van der Waals surface area contributed by atoms with Crippen molar-refractivity contribution in [3.63, 3.8) is 0 Å². The first-order valence-electron chi connectivity index (χ1n) is 6.81. The summed E-state index contributed by atoms with van der Waals surface area (Å²) in [5.41, 5.74) is 9.89. The molecule has 21 heavy (non-hydrogen) atoms. The lowest BCUT2D eigenvalue weighted by molar-refractivity contribution is 0.818. The quantitative estimate of drug-likeness (QED) is 0.787. The minimum atomic E-state index is -0.0782. The Hall–Kier alpha value is -2.10. The molecular formula is C17H16ClN3. The number of nitrogens with zero attached hydrogens (tertiary/aromatic N) is 2. The van der Waals surface area contributed by atoms with Crippen LogP contribution >= 0.6 is 11.6 Å². The maximum Gasteiger partial charge on any atom is 0.0741 e. The predicted molar refractivity (Wildman–Crippen MR) is 86.6 cm³/mol. The van der Waals surface area contributed by atoms with E-state index in [-0.39, 0.29) is 6.04 Å². The average Bonchev–Trinajstić information content (AvgIpc) is 2.97. The first-order chi connectivity index (χ1) is 10.2. The second kappa shape index (κ2) is 5.72. The van der Waals surface area contributed by atoms with Gasteiger partial charge in [-0.1, -0.05) is 41.9 Å². The van der Waals surface area contributed by atoms with Crippen molar-refractivity contribution in [1.29, 1.82) is 0 Å². The Morgan fingerprint density at radius 2 is 1.86 bits per heavy atom. The number of nitrogens with two attached hydrogens (primary N) is 1. The lowest BCUT2D eigenvalue weighted by atomic mass is 10.0. The molecule has 2 aromatic carbocycles. The summed E-state index contributed by atoms with van der Waals surface area (Å²) in [7, 11) is 0. The van der Waals surface area contributed by atoms with Crippen LogP contribution in [0.5, 0.6) is 0 Å². The molecule has 1 unspecified atom stereocenters. The largest absolute Gasteiger partial charge is 0.324 e. The van der Waals surface area contributed by atoms with Crippen molar-refractivity contribution >= 4 is 11.6 Å². The fraction of sp³-hybridized carbons (Fsp3) is 0.118. The summed E-state index contributed by atoms with van der Waals surface area (Å²) in [4.78, 5) is 0. The first kappa shape index (κ1) is 13.9. The van der Waals surface area contributed by atoms with Gasteiger partial charge in [0, 0.05) is 16.6 Å². The van der Waals surface area contributed by atoms with Crippen LogP contribution in [0.2, 0.25) is 5.02 Å². The monoisotopic (exact) mass is 297 g/mol. The maximum atomic E-state index is 6.33. The molecule has 0 saturated carbocycles. The van der Waals surface area contributed by atoms with E-state index in [4.69, 9.17) is 17.3 Å². The van der Waals surface area contributed by atoms with E-state index in [2.05, 4.69) is 5.10 Å². The number of benzene rings is 2. The summed E-state index contributed by atoms with van der Waals surface area (Å²) in [5.74, 6) is 0. The highest BCUT2D eigenvalue weighted by Crippen LogP contribution is 2.29. The molecule has 0 spiro atoms. The number of hydrogen-bond acceptors (Lipinski definition) is 2. The van der Waals surface area contributed by atoms with E-state index < -0.39 is 0 Å². The van der Waals surface area contributed by atoms with Crippen LogP contribution in [0.15, 0.2) is 60.8 Å². The van der Waals surface area contributed by atoms with Crippen LogP contribution in [0, 0.1) is 0 Å². The van der Waals surface area contributed by atoms with E-state index in [0.29, 0.717) is 5.02 Å². The fourth-order valence-corrected chi connectivity index (χ4v) is 2.71. The summed E-state index contributed by atoms with van der Waals surface area (Å²) in [6.45, 7) is 1.93. The van der Waals surface area contributed by atoms with Gasteiger partial charge in [0.05, 0.1) is 17.6 Å². The molecule has 0 radical (unpaired) electrons. The van der Waals surface area contributed by atoms with Gasteiger partial charge in [-0.2, -0.15) is 5.10 Å². The molecular weight excluding hydrogens is 282 g/mol. The molecule has 3 aromatic rings. The normalized spacial score (nSPS) is 12.3. The van der Waals surface area contributed by atoms with E-state index in [1.165, 1.54) is 0 Å². The van der Waals surface area contributed by atoms with Gasteiger partial charge >= 0.3 is 0 Å². The van der Waals surface area contributed by atoms with Crippen LogP contribution in [0.25, 0.3) is 16.9 Å². The second-order valence-corrected chi connectivity index (χ2v) is 5.40. The summed E-state index contributed by atoms with van der Waals surface area (Å²) in [5, 5.41) is 5.08. The molecule has 0 fully saturated rings. The van der Waals surface area contributed by atoms with E-state index in [1.807, 2.05) is 66.2 Å². The van der Waals surface area contributed by atoms with Crippen LogP contribution in [0.4, 0.5) is 0 Å². The number of hydrogen-bond donors (Lipinski definition) is 1. The van der Waals surface area contributed by atoms with Gasteiger partial charge in [-0.05, 0) is 36.8 Å². The minimum Gasteiger partial charge on any atom is -0.324 e. The van der Waals surface area contributed by atoms with E-state index in [1.54, 1.807) is 6.20 Å². The second-order valence-electron chi connectivity index (χ2n) is 4.99. The summed E-state index contributed by atoms with van der Waals surface area (Å²) >= 11 is 6.33. The molecule has 3 rings (SSSR count). The van der Waals surface area contributed by atoms with Crippen molar-refractivity contribution in [2.24, 2.45) is 5.73 Å². The molecule has 4 heteroatoms. The van der Waals surface area contributed by atoms with Crippen molar-refractivity contribution in [2.75, 3.05) is 0 Å². The third kappa shape index (κ3) is 2.71. The summed E-state index contributed by atoms with van der Waals surface area (Å²) < 4.78 is 1.90. The smallest absolute Gasteiger partial charge is 0.0741 e. The lowest BCUT2D eigenvalue weighted by Gasteiger charge is -2.11. The van der Waals surface area contributed by atoms with Crippen LogP contribution in [0.3, 0.4) is 0 Å². The molecule has 1 aromatic heterocycles. The Balaban J connectivity index is 2.07. The van der Waals surface area contributed by atoms with Gasteiger partial charge in [0.1, 0.15) is 0 Å². The SMILES string of the molecule is CC(N)c1ccc(-c2ccnn2-c2ccccc2)cc1Cl. The highest BCUT2D eigenvalue weighted by molar-refractivity contribution is 6.31. The highest BCUT2D eigenvalue weighted by Gasteiger charge is 2.11. The first-order valence-corrected chi connectivity index (χ1v) is 7.19. The van der Waals surface area contributed by atoms with Crippen molar-refractivity contribution in [3.05, 3.63) is 71.4 Å². The molecule has 1 atom stereocenters. The lowest BCUT2D eigenvalue weighted by Crippen LogP contribution is -2.05. The zero-order chi connectivity index (χ0) is 14.8. The molecule has 1 heterocycles. The van der Waals surface area contributed by atoms with Crippen LogP contribution in [-0.4, -0.2) is 9.78 Å². The number of para-hydroxylation sites is 1. The van der Waals surface area contributed by atoms with E-state index in [0.717, 1.165) is 22.5 Å². The zero-order valence-corrected chi connectivity index (χ0v) is 12.5. The molecule has 0 amide bonds. The summed E-state index contributed by atoms with van der Waals surface area (Å²) in [6, 6.07) is 17.9. The Bertz CT molecular complexity index is 748. The van der Waals surface area contributed by atoms with E-state index in [9.17, 15) is 0 Å². The van der Waals surface area contributed by atoms with Gasteiger partial charge in [0.15, 0.2) is 0 Å². The third-order valence-electron chi connectivity index (χ3n) is 3.43. The van der Waals surface area contributed by atoms with Crippen LogP contribution in [-0.2, 0) is 0 Å². The van der Waals surface area contributed by atoms with Crippen molar-refractivity contribution in [1.82, 2.24) is 9.78 Å². The Morgan fingerprint density at radius 1 is 1.10 bits per heavy atom. The standard InChI is InChI=1S/C17H16ClN3/c1-12(19)15-8-7-13(11-16(15)18)17-9-10-20-21(17)14-5-3-2-4-6-14/h2-12H,19H2,1H3. The van der Waals surface area contributed by atoms with Gasteiger partial charge in [-0.15, -0.1) is 0 Å². The van der Waals surface area contributed by atoms with Gasteiger partial charge in [0.25, 0.3) is 0 Å². The molecule has 0 aliphatic rings. The fourth-order valence-electron chi connectivity index (χ4n) is 2.35. The Labute approximate surface area is 129 Å². The molecule has 0 aliphatic heterocycles. The highest BCUT2D eigenvalue weighted by atomic mass is 35.5. The zero-order valence-electron chi connectivity index (χ0n) is 11.7. The van der Waals surface area contributed by atoms with Gasteiger partial charge in [0.2, 0.25) is 0 Å². The van der Waals surface area contributed by atoms with Gasteiger partial charge < -0.3 is 5.73 Å². The predicted octanol–water partition coefficient (Wildman–Crippen LogP) is 4.21. The van der Waals surface area contributed by atoms with Crippen LogP contribution < -0.4 is 5.73 Å². The van der Waals surface area contributed by atoms with Gasteiger partial charge in [-0.25, -0.2) is 4.68 Å².